The first-order chi connectivity index (χ1) is 8.61. The summed E-state index contributed by atoms with van der Waals surface area (Å²) in [5.74, 6) is -0.745. The summed E-state index contributed by atoms with van der Waals surface area (Å²) in [6, 6.07) is -0.736. The van der Waals surface area contributed by atoms with Gasteiger partial charge in [0.25, 0.3) is 0 Å². The third kappa shape index (κ3) is 12.0. The van der Waals surface area contributed by atoms with E-state index in [-0.39, 0.29) is 31.2 Å². The second-order valence-corrected chi connectivity index (χ2v) is 4.24. The van der Waals surface area contributed by atoms with Crippen LogP contribution in [-0.4, -0.2) is 31.2 Å². The van der Waals surface area contributed by atoms with Crippen molar-refractivity contribution in [1.82, 2.24) is 0 Å². The Balaban J connectivity index is 0. The number of hydrogen-bond acceptors (Lipinski definition) is 5. The fourth-order valence-electron chi connectivity index (χ4n) is 1.22. The van der Waals surface area contributed by atoms with E-state index in [0.29, 0.717) is 13.2 Å². The third-order valence-corrected chi connectivity index (χ3v) is 2.47. The van der Waals surface area contributed by atoms with Gasteiger partial charge in [0.2, 0.25) is 0 Å². The van der Waals surface area contributed by atoms with Gasteiger partial charge >= 0.3 is 11.9 Å². The van der Waals surface area contributed by atoms with Crippen LogP contribution in [0.25, 0.3) is 0 Å². The molecule has 0 unspecified atom stereocenters. The van der Waals surface area contributed by atoms with Gasteiger partial charge in [-0.15, -0.1) is 12.4 Å². The van der Waals surface area contributed by atoms with E-state index in [4.69, 9.17) is 15.2 Å². The molecule has 0 aromatic heterocycles. The van der Waals surface area contributed by atoms with Gasteiger partial charge in [-0.1, -0.05) is 26.7 Å². The molecule has 114 valence electrons. The van der Waals surface area contributed by atoms with E-state index >= 15 is 0 Å². The van der Waals surface area contributed by atoms with E-state index in [9.17, 15) is 9.59 Å². The van der Waals surface area contributed by atoms with Crippen molar-refractivity contribution < 1.29 is 19.1 Å². The molecule has 0 bridgehead atoms. The van der Waals surface area contributed by atoms with Crippen LogP contribution in [0.2, 0.25) is 0 Å². The van der Waals surface area contributed by atoms with Crippen molar-refractivity contribution in [2.75, 3.05) is 13.2 Å². The Morgan fingerprint density at radius 2 is 1.58 bits per heavy atom. The zero-order valence-electron chi connectivity index (χ0n) is 11.9. The van der Waals surface area contributed by atoms with E-state index in [0.717, 1.165) is 25.7 Å². The summed E-state index contributed by atoms with van der Waals surface area (Å²) in [6.45, 7) is 4.87. The number of nitrogens with two attached hydrogens (primary N) is 1. The first kappa shape index (κ1) is 20.5. The highest BCUT2D eigenvalue weighted by Gasteiger charge is 2.16. The molecule has 0 aliphatic rings. The second kappa shape index (κ2) is 13.6. The number of unbranched alkanes of at least 4 members (excludes halogenated alkanes) is 2. The quantitative estimate of drug-likeness (QED) is 0.494. The molecule has 0 saturated heterocycles. The van der Waals surface area contributed by atoms with Crippen LogP contribution in [-0.2, 0) is 19.1 Å². The highest BCUT2D eigenvalue weighted by Crippen LogP contribution is 2.01. The Morgan fingerprint density at radius 1 is 1.05 bits per heavy atom. The van der Waals surface area contributed by atoms with Crippen LogP contribution in [0, 0.1) is 0 Å². The number of hydrogen-bond donors (Lipinski definition) is 1. The summed E-state index contributed by atoms with van der Waals surface area (Å²) in [5.41, 5.74) is 5.62. The molecule has 6 heteroatoms. The van der Waals surface area contributed by atoms with Crippen LogP contribution in [0.1, 0.15) is 52.4 Å². The Morgan fingerprint density at radius 3 is 2.11 bits per heavy atom. The van der Waals surface area contributed by atoms with Crippen LogP contribution in [0.5, 0.6) is 0 Å². The van der Waals surface area contributed by atoms with Gasteiger partial charge in [-0.2, -0.15) is 0 Å². The molecule has 0 aliphatic heterocycles. The molecule has 0 saturated carbocycles. The van der Waals surface area contributed by atoms with Crippen molar-refractivity contribution in [2.24, 2.45) is 5.73 Å². The Hall–Kier alpha value is -0.810. The Kier molecular flexibility index (Phi) is 14.7. The maximum atomic E-state index is 11.4. The zero-order valence-corrected chi connectivity index (χ0v) is 12.7. The van der Waals surface area contributed by atoms with Crippen LogP contribution >= 0.6 is 12.4 Å². The topological polar surface area (TPSA) is 78.6 Å². The minimum absolute atomic E-state index is 0. The van der Waals surface area contributed by atoms with Gasteiger partial charge in [0, 0.05) is 6.42 Å². The Labute approximate surface area is 121 Å². The number of carbonyl (C=O) groups excluding carboxylic acids is 2. The lowest BCUT2D eigenvalue weighted by atomic mass is 10.2. The predicted molar refractivity (Wildman–Crippen MR) is 76.2 cm³/mol. The van der Waals surface area contributed by atoms with Crippen LogP contribution in [0.4, 0.5) is 0 Å². The minimum Gasteiger partial charge on any atom is -0.466 e. The molecule has 0 amide bonds. The smallest absolute Gasteiger partial charge is 0.322 e. The lowest BCUT2D eigenvalue weighted by Gasteiger charge is -2.11. The summed E-state index contributed by atoms with van der Waals surface area (Å²) in [4.78, 5) is 22.7. The number of rotatable bonds is 10. The highest BCUT2D eigenvalue weighted by atomic mass is 35.5. The van der Waals surface area contributed by atoms with Crippen LogP contribution in [0.15, 0.2) is 0 Å². The SMILES string of the molecule is CCCCOC(=O)CC[C@H](N)C(=O)OCCCC.Cl. The van der Waals surface area contributed by atoms with E-state index in [2.05, 4.69) is 0 Å². The van der Waals surface area contributed by atoms with E-state index in [1.165, 1.54) is 0 Å². The normalized spacial score (nSPS) is 11.3. The lowest BCUT2D eigenvalue weighted by Crippen LogP contribution is -2.33. The van der Waals surface area contributed by atoms with E-state index in [1.807, 2.05) is 13.8 Å². The summed E-state index contributed by atoms with van der Waals surface area (Å²) in [7, 11) is 0. The molecule has 0 spiro atoms. The number of halogens is 1. The minimum atomic E-state index is -0.736. The summed E-state index contributed by atoms with van der Waals surface area (Å²) in [5, 5.41) is 0. The van der Waals surface area contributed by atoms with E-state index < -0.39 is 12.0 Å². The van der Waals surface area contributed by atoms with Gasteiger partial charge in [0.15, 0.2) is 0 Å². The van der Waals surface area contributed by atoms with Crippen molar-refractivity contribution in [2.45, 2.75) is 58.4 Å². The van der Waals surface area contributed by atoms with Gasteiger partial charge in [-0.25, -0.2) is 0 Å². The number of ether oxygens (including phenoxy) is 2. The van der Waals surface area contributed by atoms with E-state index in [1.54, 1.807) is 0 Å². The maximum Gasteiger partial charge on any atom is 0.322 e. The molecule has 1 atom stereocenters. The molecule has 0 heterocycles. The van der Waals surface area contributed by atoms with Crippen molar-refractivity contribution in [3.63, 3.8) is 0 Å². The molecular weight excluding hydrogens is 270 g/mol. The first-order valence-corrected chi connectivity index (χ1v) is 6.69. The van der Waals surface area contributed by atoms with Crippen molar-refractivity contribution in [3.05, 3.63) is 0 Å². The molecule has 0 fully saturated rings. The second-order valence-electron chi connectivity index (χ2n) is 4.24. The molecule has 5 nitrogen and oxygen atoms in total. The fraction of sp³-hybridized carbons (Fsp3) is 0.846. The molecule has 0 aromatic carbocycles. The molecule has 0 radical (unpaired) electrons. The average molecular weight is 296 g/mol. The largest absolute Gasteiger partial charge is 0.466 e. The van der Waals surface area contributed by atoms with Gasteiger partial charge in [0.1, 0.15) is 6.04 Å². The standard InChI is InChI=1S/C13H25NO4.ClH/c1-3-5-9-17-12(15)8-7-11(14)13(16)18-10-6-4-2;/h11H,3-10,14H2,1-2H3;1H/t11-;/m0./s1. The van der Waals surface area contributed by atoms with Crippen molar-refractivity contribution in [3.8, 4) is 0 Å². The average Bonchev–Trinajstić information content (AvgIpc) is 2.36. The van der Waals surface area contributed by atoms with Gasteiger partial charge < -0.3 is 15.2 Å². The lowest BCUT2D eigenvalue weighted by molar-refractivity contribution is -0.146. The zero-order chi connectivity index (χ0) is 13.8. The summed E-state index contributed by atoms with van der Waals surface area (Å²) >= 11 is 0. The number of esters is 2. The molecular formula is C13H26ClNO4. The molecule has 0 aliphatic carbocycles. The van der Waals surface area contributed by atoms with Crippen molar-refractivity contribution in [1.29, 1.82) is 0 Å². The van der Waals surface area contributed by atoms with Crippen molar-refractivity contribution >= 4 is 24.3 Å². The third-order valence-electron chi connectivity index (χ3n) is 2.47. The van der Waals surface area contributed by atoms with Gasteiger partial charge in [0.05, 0.1) is 13.2 Å². The predicted octanol–water partition coefficient (Wildman–Crippen LogP) is 2.20. The monoisotopic (exact) mass is 295 g/mol. The number of carbonyl (C=O) groups is 2. The summed E-state index contributed by atoms with van der Waals surface area (Å²) < 4.78 is 9.92. The molecule has 19 heavy (non-hydrogen) atoms. The fourth-order valence-corrected chi connectivity index (χ4v) is 1.22. The first-order valence-electron chi connectivity index (χ1n) is 6.69. The maximum absolute atomic E-state index is 11.4. The molecule has 0 rings (SSSR count). The molecule has 2 N–H and O–H groups in total. The van der Waals surface area contributed by atoms with Crippen LogP contribution in [0.3, 0.4) is 0 Å². The molecule has 0 aromatic rings. The highest BCUT2D eigenvalue weighted by molar-refractivity contribution is 5.85. The Bertz CT molecular complexity index is 249. The van der Waals surface area contributed by atoms with Crippen LogP contribution < -0.4 is 5.73 Å². The van der Waals surface area contributed by atoms with Gasteiger partial charge in [-0.05, 0) is 19.3 Å². The summed E-state index contributed by atoms with van der Waals surface area (Å²) in [6.07, 6.45) is 4.07. The van der Waals surface area contributed by atoms with Gasteiger partial charge in [-0.3, -0.25) is 9.59 Å².